The Morgan fingerprint density at radius 1 is 1.50 bits per heavy atom. The molecular formula is C10H22N2OS. The molecule has 0 aromatic rings. The fourth-order valence-corrected chi connectivity index (χ4v) is 2.32. The molecule has 3 nitrogen and oxygen atoms in total. The maximum atomic E-state index is 10.8. The third kappa shape index (κ3) is 4.53. The van der Waals surface area contributed by atoms with Crippen LogP contribution in [0.2, 0.25) is 0 Å². The molecule has 1 saturated heterocycles. The van der Waals surface area contributed by atoms with Gasteiger partial charge in [0.2, 0.25) is 0 Å². The largest absolute Gasteiger partial charge is 0.314 e. The van der Waals surface area contributed by atoms with Crippen LogP contribution >= 0.6 is 0 Å². The Bertz CT molecular complexity index is 187. The lowest BCUT2D eigenvalue weighted by molar-refractivity contribution is 0.182. The van der Waals surface area contributed by atoms with E-state index in [-0.39, 0.29) is 0 Å². The Hall–Kier alpha value is 0.0700. The van der Waals surface area contributed by atoms with Gasteiger partial charge in [-0.1, -0.05) is 6.42 Å². The number of nitrogens with zero attached hydrogens (tertiary/aromatic N) is 1. The molecule has 84 valence electrons. The highest BCUT2D eigenvalue weighted by atomic mass is 32.2. The highest BCUT2D eigenvalue weighted by molar-refractivity contribution is 7.84. The average molecular weight is 218 g/mol. The van der Waals surface area contributed by atoms with Crippen molar-refractivity contribution in [2.45, 2.75) is 25.3 Å². The van der Waals surface area contributed by atoms with Gasteiger partial charge in [0.05, 0.1) is 0 Å². The standard InChI is InChI=1S/C10H22N2OS/c1-12-7-4-3-5-10(12)9-11-6-8-14(2)13/h10-11H,3-9H2,1-2H3. The van der Waals surface area contributed by atoms with Gasteiger partial charge in [0.15, 0.2) is 0 Å². The maximum absolute atomic E-state index is 10.8. The molecule has 4 heteroatoms. The predicted molar refractivity (Wildman–Crippen MR) is 62.1 cm³/mol. The second-order valence-electron chi connectivity index (χ2n) is 4.11. The molecule has 1 rings (SSSR count). The molecular weight excluding hydrogens is 196 g/mol. The van der Waals surface area contributed by atoms with E-state index in [1.54, 1.807) is 6.26 Å². The van der Waals surface area contributed by atoms with Crippen LogP contribution in [0.4, 0.5) is 0 Å². The molecule has 0 saturated carbocycles. The van der Waals surface area contributed by atoms with Gasteiger partial charge in [-0.15, -0.1) is 0 Å². The molecule has 2 atom stereocenters. The van der Waals surface area contributed by atoms with Crippen LogP contribution in [0, 0.1) is 0 Å². The summed E-state index contributed by atoms with van der Waals surface area (Å²) in [7, 11) is 1.54. The van der Waals surface area contributed by atoms with Crippen molar-refractivity contribution in [1.82, 2.24) is 10.2 Å². The van der Waals surface area contributed by atoms with Crippen LogP contribution < -0.4 is 5.32 Å². The first kappa shape index (κ1) is 12.1. The Morgan fingerprint density at radius 2 is 2.29 bits per heavy atom. The van der Waals surface area contributed by atoms with E-state index in [1.165, 1.54) is 25.8 Å². The quantitative estimate of drug-likeness (QED) is 0.680. The van der Waals surface area contributed by atoms with Crippen molar-refractivity contribution in [3.63, 3.8) is 0 Å². The van der Waals surface area contributed by atoms with Crippen LogP contribution in [-0.2, 0) is 10.8 Å². The van der Waals surface area contributed by atoms with Crippen molar-refractivity contribution in [2.24, 2.45) is 0 Å². The zero-order valence-corrected chi connectivity index (χ0v) is 10.1. The minimum absolute atomic E-state index is 0.657. The molecule has 0 radical (unpaired) electrons. The van der Waals surface area contributed by atoms with Crippen LogP contribution in [-0.4, -0.2) is 53.8 Å². The fraction of sp³-hybridized carbons (Fsp3) is 1.00. The van der Waals surface area contributed by atoms with Crippen molar-refractivity contribution < 1.29 is 4.21 Å². The minimum Gasteiger partial charge on any atom is -0.314 e. The molecule has 0 amide bonds. The first-order valence-corrected chi connectivity index (χ1v) is 7.14. The smallest absolute Gasteiger partial charge is 0.0357 e. The summed E-state index contributed by atoms with van der Waals surface area (Å²) < 4.78 is 10.8. The third-order valence-electron chi connectivity index (χ3n) is 2.87. The van der Waals surface area contributed by atoms with Crippen LogP contribution in [0.3, 0.4) is 0 Å². The number of hydrogen-bond donors (Lipinski definition) is 1. The first-order valence-electron chi connectivity index (χ1n) is 5.41. The molecule has 0 aromatic heterocycles. The highest BCUT2D eigenvalue weighted by Gasteiger charge is 2.17. The molecule has 0 bridgehead atoms. The molecule has 14 heavy (non-hydrogen) atoms. The molecule has 0 aliphatic carbocycles. The summed E-state index contributed by atoms with van der Waals surface area (Å²) in [5.41, 5.74) is 0. The molecule has 2 unspecified atom stereocenters. The summed E-state index contributed by atoms with van der Waals surface area (Å²) in [6.45, 7) is 3.16. The van der Waals surface area contributed by atoms with Gasteiger partial charge in [-0.2, -0.15) is 0 Å². The lowest BCUT2D eigenvalue weighted by atomic mass is 10.0. The third-order valence-corrected chi connectivity index (χ3v) is 3.65. The summed E-state index contributed by atoms with van der Waals surface area (Å²) >= 11 is 0. The topological polar surface area (TPSA) is 32.3 Å². The van der Waals surface area contributed by atoms with Gasteiger partial charge in [0.1, 0.15) is 0 Å². The summed E-state index contributed by atoms with van der Waals surface area (Å²) in [6, 6.07) is 0.689. The molecule has 0 aromatic carbocycles. The highest BCUT2D eigenvalue weighted by Crippen LogP contribution is 2.13. The van der Waals surface area contributed by atoms with E-state index >= 15 is 0 Å². The molecule has 1 aliphatic heterocycles. The van der Waals surface area contributed by atoms with Crippen molar-refractivity contribution in [1.29, 1.82) is 0 Å². The van der Waals surface area contributed by atoms with Crippen molar-refractivity contribution in [3.8, 4) is 0 Å². The van der Waals surface area contributed by atoms with E-state index < -0.39 is 10.8 Å². The molecule has 0 spiro atoms. The van der Waals surface area contributed by atoms with Gasteiger partial charge in [-0.25, -0.2) is 0 Å². The van der Waals surface area contributed by atoms with E-state index in [2.05, 4.69) is 17.3 Å². The molecule has 1 aliphatic rings. The lowest BCUT2D eigenvalue weighted by Crippen LogP contribution is -2.43. The summed E-state index contributed by atoms with van der Waals surface area (Å²) in [5, 5.41) is 3.38. The maximum Gasteiger partial charge on any atom is 0.0357 e. The van der Waals surface area contributed by atoms with Crippen molar-refractivity contribution in [3.05, 3.63) is 0 Å². The van der Waals surface area contributed by atoms with Gasteiger partial charge >= 0.3 is 0 Å². The second kappa shape index (κ2) is 6.53. The number of likely N-dealkylation sites (N-methyl/N-ethyl adjacent to an activating group) is 1. The van der Waals surface area contributed by atoms with Gasteiger partial charge in [0, 0.05) is 41.9 Å². The number of nitrogens with one attached hydrogen (secondary N) is 1. The normalized spacial score (nSPS) is 26.3. The van der Waals surface area contributed by atoms with Crippen LogP contribution in [0.5, 0.6) is 0 Å². The van der Waals surface area contributed by atoms with E-state index in [9.17, 15) is 4.21 Å². The first-order chi connectivity index (χ1) is 6.70. The lowest BCUT2D eigenvalue weighted by Gasteiger charge is -2.32. The predicted octanol–water partition coefficient (Wildman–Crippen LogP) is 0.439. The fourth-order valence-electron chi connectivity index (χ4n) is 1.89. The van der Waals surface area contributed by atoms with Gasteiger partial charge in [-0.05, 0) is 26.4 Å². The average Bonchev–Trinajstić information content (AvgIpc) is 2.15. The second-order valence-corrected chi connectivity index (χ2v) is 5.67. The van der Waals surface area contributed by atoms with Gasteiger partial charge in [0.25, 0.3) is 0 Å². The number of piperidine rings is 1. The van der Waals surface area contributed by atoms with Crippen LogP contribution in [0.25, 0.3) is 0 Å². The van der Waals surface area contributed by atoms with E-state index in [0.717, 1.165) is 18.8 Å². The number of likely N-dealkylation sites (tertiary alicyclic amines) is 1. The van der Waals surface area contributed by atoms with E-state index in [0.29, 0.717) is 6.04 Å². The Labute approximate surface area is 89.7 Å². The zero-order valence-electron chi connectivity index (χ0n) is 9.29. The minimum atomic E-state index is -0.657. The summed E-state index contributed by atoms with van der Waals surface area (Å²) in [4.78, 5) is 2.43. The van der Waals surface area contributed by atoms with E-state index in [4.69, 9.17) is 0 Å². The summed E-state index contributed by atoms with van der Waals surface area (Å²) in [6.07, 6.45) is 5.76. The number of hydrogen-bond acceptors (Lipinski definition) is 3. The van der Waals surface area contributed by atoms with Crippen molar-refractivity contribution >= 4 is 10.8 Å². The Morgan fingerprint density at radius 3 is 2.93 bits per heavy atom. The zero-order chi connectivity index (χ0) is 10.4. The van der Waals surface area contributed by atoms with Gasteiger partial charge in [-0.3, -0.25) is 4.21 Å². The molecule has 1 fully saturated rings. The van der Waals surface area contributed by atoms with Crippen LogP contribution in [0.1, 0.15) is 19.3 Å². The van der Waals surface area contributed by atoms with Crippen molar-refractivity contribution in [2.75, 3.05) is 38.7 Å². The molecule has 1 N–H and O–H groups in total. The van der Waals surface area contributed by atoms with E-state index in [1.807, 2.05) is 0 Å². The van der Waals surface area contributed by atoms with Gasteiger partial charge < -0.3 is 10.2 Å². The number of rotatable bonds is 5. The SMILES string of the molecule is CN1CCCCC1CNCCS(C)=O. The Balaban J connectivity index is 2.07. The monoisotopic (exact) mass is 218 g/mol. The Kier molecular flexibility index (Phi) is 5.67. The van der Waals surface area contributed by atoms with Crippen LogP contribution in [0.15, 0.2) is 0 Å². The summed E-state index contributed by atoms with van der Waals surface area (Å²) in [5.74, 6) is 0.774. The molecule has 1 heterocycles.